The van der Waals surface area contributed by atoms with Crippen molar-refractivity contribution in [3.63, 3.8) is 0 Å². The highest BCUT2D eigenvalue weighted by molar-refractivity contribution is 5.83. The fraction of sp³-hybridized carbons (Fsp3) is 0.545. The van der Waals surface area contributed by atoms with Gasteiger partial charge in [0.05, 0.1) is 25.6 Å². The number of hydrogen-bond donors (Lipinski definition) is 2. The van der Waals surface area contributed by atoms with Crippen LogP contribution in [0.15, 0.2) is 12.4 Å². The average molecular weight is 251 g/mol. The van der Waals surface area contributed by atoms with E-state index in [4.69, 9.17) is 10.5 Å². The zero-order valence-electron chi connectivity index (χ0n) is 10.3. The number of morpholine rings is 1. The molecule has 1 amide bonds. The van der Waals surface area contributed by atoms with Crippen LogP contribution in [-0.4, -0.2) is 48.2 Å². The first-order chi connectivity index (χ1) is 8.72. The largest absolute Gasteiger partial charge is 0.377 e. The van der Waals surface area contributed by atoms with E-state index in [9.17, 15) is 4.79 Å². The van der Waals surface area contributed by atoms with Gasteiger partial charge in [-0.25, -0.2) is 4.98 Å². The SMILES string of the molecule is CCNc1cncc(N2CCOCC2C(N)=O)n1. The maximum absolute atomic E-state index is 11.4. The van der Waals surface area contributed by atoms with Gasteiger partial charge in [-0.05, 0) is 6.92 Å². The van der Waals surface area contributed by atoms with Gasteiger partial charge in [-0.1, -0.05) is 0 Å². The third-order valence-corrected chi connectivity index (χ3v) is 2.73. The van der Waals surface area contributed by atoms with E-state index in [1.165, 1.54) is 0 Å². The Morgan fingerprint density at radius 2 is 2.50 bits per heavy atom. The molecule has 1 fully saturated rings. The van der Waals surface area contributed by atoms with Gasteiger partial charge in [0, 0.05) is 13.1 Å². The second kappa shape index (κ2) is 5.63. The van der Waals surface area contributed by atoms with Crippen molar-refractivity contribution in [2.75, 3.05) is 36.5 Å². The molecular formula is C11H17N5O2. The molecule has 3 N–H and O–H groups in total. The average Bonchev–Trinajstić information content (AvgIpc) is 2.39. The molecule has 1 aliphatic heterocycles. The van der Waals surface area contributed by atoms with E-state index < -0.39 is 11.9 Å². The fourth-order valence-corrected chi connectivity index (χ4v) is 1.87. The molecule has 0 saturated carbocycles. The third kappa shape index (κ3) is 2.67. The molecule has 1 saturated heterocycles. The van der Waals surface area contributed by atoms with E-state index in [0.29, 0.717) is 31.4 Å². The Morgan fingerprint density at radius 3 is 3.22 bits per heavy atom. The number of carbonyl (C=O) groups excluding carboxylic acids is 1. The Labute approximate surface area is 105 Å². The van der Waals surface area contributed by atoms with Crippen LogP contribution >= 0.6 is 0 Å². The summed E-state index contributed by atoms with van der Waals surface area (Å²) >= 11 is 0. The highest BCUT2D eigenvalue weighted by Crippen LogP contribution is 2.17. The van der Waals surface area contributed by atoms with Crippen molar-refractivity contribution in [1.82, 2.24) is 9.97 Å². The number of nitrogens with zero attached hydrogens (tertiary/aromatic N) is 3. The molecule has 1 unspecified atom stereocenters. The molecular weight excluding hydrogens is 234 g/mol. The summed E-state index contributed by atoms with van der Waals surface area (Å²) in [5.41, 5.74) is 5.37. The predicted molar refractivity (Wildman–Crippen MR) is 67.3 cm³/mol. The minimum atomic E-state index is -0.482. The highest BCUT2D eigenvalue weighted by atomic mass is 16.5. The minimum Gasteiger partial charge on any atom is -0.377 e. The lowest BCUT2D eigenvalue weighted by Gasteiger charge is -2.34. The summed E-state index contributed by atoms with van der Waals surface area (Å²) in [6.45, 7) is 4.17. The molecule has 1 aromatic rings. The molecule has 7 nitrogen and oxygen atoms in total. The second-order valence-electron chi connectivity index (χ2n) is 3.98. The first-order valence-corrected chi connectivity index (χ1v) is 5.92. The lowest BCUT2D eigenvalue weighted by atomic mass is 10.2. The smallest absolute Gasteiger partial charge is 0.242 e. The maximum Gasteiger partial charge on any atom is 0.242 e. The molecule has 7 heteroatoms. The van der Waals surface area contributed by atoms with E-state index in [2.05, 4.69) is 15.3 Å². The number of rotatable bonds is 4. The summed E-state index contributed by atoms with van der Waals surface area (Å²) in [7, 11) is 0. The number of primary amides is 1. The Kier molecular flexibility index (Phi) is 3.93. The molecule has 0 radical (unpaired) electrons. The van der Waals surface area contributed by atoms with Gasteiger partial charge >= 0.3 is 0 Å². The van der Waals surface area contributed by atoms with Crippen molar-refractivity contribution in [3.05, 3.63) is 12.4 Å². The minimum absolute atomic E-state index is 0.294. The molecule has 18 heavy (non-hydrogen) atoms. The summed E-state index contributed by atoms with van der Waals surface area (Å²) in [6.07, 6.45) is 3.27. The van der Waals surface area contributed by atoms with Crippen molar-refractivity contribution in [2.45, 2.75) is 13.0 Å². The number of nitrogens with one attached hydrogen (secondary N) is 1. The molecule has 1 aliphatic rings. The van der Waals surface area contributed by atoms with Crippen LogP contribution in [0.1, 0.15) is 6.92 Å². The van der Waals surface area contributed by atoms with E-state index in [1.807, 2.05) is 11.8 Å². The van der Waals surface area contributed by atoms with E-state index in [0.717, 1.165) is 6.54 Å². The van der Waals surface area contributed by atoms with E-state index in [1.54, 1.807) is 12.4 Å². The Morgan fingerprint density at radius 1 is 1.67 bits per heavy atom. The Balaban J connectivity index is 2.22. The van der Waals surface area contributed by atoms with Crippen LogP contribution in [-0.2, 0) is 9.53 Å². The normalized spacial score (nSPS) is 19.6. The van der Waals surface area contributed by atoms with Crippen LogP contribution in [0.25, 0.3) is 0 Å². The van der Waals surface area contributed by atoms with Gasteiger partial charge in [0.25, 0.3) is 0 Å². The van der Waals surface area contributed by atoms with Crippen molar-refractivity contribution >= 4 is 17.5 Å². The van der Waals surface area contributed by atoms with Gasteiger partial charge in [-0.2, -0.15) is 0 Å². The first kappa shape index (κ1) is 12.6. The van der Waals surface area contributed by atoms with Gasteiger partial charge < -0.3 is 20.7 Å². The summed E-state index contributed by atoms with van der Waals surface area (Å²) in [4.78, 5) is 21.7. The van der Waals surface area contributed by atoms with Crippen molar-refractivity contribution < 1.29 is 9.53 Å². The molecule has 2 heterocycles. The summed E-state index contributed by atoms with van der Waals surface area (Å²) in [5, 5.41) is 3.08. The van der Waals surface area contributed by atoms with Crippen LogP contribution in [0.2, 0.25) is 0 Å². The van der Waals surface area contributed by atoms with Crippen molar-refractivity contribution in [3.8, 4) is 0 Å². The number of carbonyl (C=O) groups is 1. The molecule has 0 bridgehead atoms. The lowest BCUT2D eigenvalue weighted by molar-refractivity contribution is -0.121. The van der Waals surface area contributed by atoms with E-state index >= 15 is 0 Å². The summed E-state index contributed by atoms with van der Waals surface area (Å²) < 4.78 is 5.27. The van der Waals surface area contributed by atoms with Gasteiger partial charge in [-0.15, -0.1) is 0 Å². The van der Waals surface area contributed by atoms with Crippen LogP contribution in [0.5, 0.6) is 0 Å². The molecule has 98 valence electrons. The molecule has 1 aromatic heterocycles. The topological polar surface area (TPSA) is 93.4 Å². The quantitative estimate of drug-likeness (QED) is 0.756. The predicted octanol–water partition coefficient (Wildman–Crippen LogP) is -0.401. The maximum atomic E-state index is 11.4. The van der Waals surface area contributed by atoms with Crippen LogP contribution in [0, 0.1) is 0 Å². The lowest BCUT2D eigenvalue weighted by Crippen LogP contribution is -2.53. The van der Waals surface area contributed by atoms with Crippen LogP contribution in [0.4, 0.5) is 11.6 Å². The number of aromatic nitrogens is 2. The first-order valence-electron chi connectivity index (χ1n) is 5.92. The fourth-order valence-electron chi connectivity index (χ4n) is 1.87. The zero-order chi connectivity index (χ0) is 13.0. The van der Waals surface area contributed by atoms with Crippen LogP contribution < -0.4 is 16.0 Å². The number of amides is 1. The summed E-state index contributed by atoms with van der Waals surface area (Å²) in [5.74, 6) is 0.913. The van der Waals surface area contributed by atoms with Gasteiger partial charge in [0.15, 0.2) is 0 Å². The molecule has 0 aliphatic carbocycles. The van der Waals surface area contributed by atoms with Gasteiger partial charge in [0.2, 0.25) is 5.91 Å². The Bertz CT molecular complexity index is 426. The monoisotopic (exact) mass is 251 g/mol. The van der Waals surface area contributed by atoms with Crippen molar-refractivity contribution in [1.29, 1.82) is 0 Å². The highest BCUT2D eigenvalue weighted by Gasteiger charge is 2.28. The van der Waals surface area contributed by atoms with Crippen molar-refractivity contribution in [2.24, 2.45) is 5.73 Å². The number of nitrogens with two attached hydrogens (primary N) is 1. The van der Waals surface area contributed by atoms with Crippen LogP contribution in [0.3, 0.4) is 0 Å². The number of ether oxygens (including phenoxy) is 1. The Hall–Kier alpha value is -1.89. The molecule has 1 atom stereocenters. The summed E-state index contributed by atoms with van der Waals surface area (Å²) in [6, 6.07) is -0.482. The number of anilines is 2. The number of hydrogen-bond acceptors (Lipinski definition) is 6. The molecule has 0 spiro atoms. The third-order valence-electron chi connectivity index (χ3n) is 2.73. The standard InChI is InChI=1S/C11H17N5O2/c1-2-14-9-5-13-6-10(15-9)16-3-4-18-7-8(16)11(12)17/h5-6,8H,2-4,7H2,1H3,(H2,12,17)(H,14,15). The zero-order valence-corrected chi connectivity index (χ0v) is 10.3. The van der Waals surface area contributed by atoms with Gasteiger partial charge in [-0.3, -0.25) is 9.78 Å². The van der Waals surface area contributed by atoms with E-state index in [-0.39, 0.29) is 0 Å². The molecule has 0 aromatic carbocycles. The second-order valence-corrected chi connectivity index (χ2v) is 3.98. The molecule has 2 rings (SSSR count). The van der Waals surface area contributed by atoms with Gasteiger partial charge in [0.1, 0.15) is 17.7 Å².